The van der Waals surface area contributed by atoms with E-state index in [4.69, 9.17) is 4.74 Å². The van der Waals surface area contributed by atoms with Gasteiger partial charge in [-0.3, -0.25) is 9.67 Å². The third kappa shape index (κ3) is 7.33. The second-order valence-electron chi connectivity index (χ2n) is 6.99. The molecule has 0 saturated carbocycles. The molecule has 0 radical (unpaired) electrons. The van der Waals surface area contributed by atoms with E-state index in [0.29, 0.717) is 0 Å². The highest BCUT2D eigenvalue weighted by Gasteiger charge is 2.02. The first-order valence-electron chi connectivity index (χ1n) is 9.69. The standard InChI is InChI=1S/C21H33N5O/c1-16(2)27-20-9-7-19(8-10-20)11-13-24-21(22-5)23-12-6-14-26-18(4)15-17(3)25-26/h7-10,15-16H,6,11-14H2,1-5H3,(H2,22,23,24). The quantitative estimate of drug-likeness (QED) is 0.404. The van der Waals surface area contributed by atoms with Crippen molar-refractivity contribution in [1.29, 1.82) is 0 Å². The van der Waals surface area contributed by atoms with Crippen LogP contribution in [-0.2, 0) is 13.0 Å². The zero-order chi connectivity index (χ0) is 19.6. The Morgan fingerprint density at radius 1 is 1.15 bits per heavy atom. The SMILES string of the molecule is CN=C(NCCCn1nc(C)cc1C)NCCc1ccc(OC(C)C)cc1. The van der Waals surface area contributed by atoms with Crippen molar-refractivity contribution in [1.82, 2.24) is 20.4 Å². The van der Waals surface area contributed by atoms with E-state index in [0.717, 1.165) is 49.9 Å². The summed E-state index contributed by atoms with van der Waals surface area (Å²) in [5.74, 6) is 1.75. The second-order valence-corrected chi connectivity index (χ2v) is 6.99. The van der Waals surface area contributed by atoms with E-state index in [9.17, 15) is 0 Å². The Morgan fingerprint density at radius 2 is 1.85 bits per heavy atom. The molecule has 0 amide bonds. The number of rotatable bonds is 9. The fraction of sp³-hybridized carbons (Fsp3) is 0.524. The smallest absolute Gasteiger partial charge is 0.190 e. The lowest BCUT2D eigenvalue weighted by Crippen LogP contribution is -2.39. The molecule has 6 nitrogen and oxygen atoms in total. The van der Waals surface area contributed by atoms with Crippen LogP contribution in [0.25, 0.3) is 0 Å². The van der Waals surface area contributed by atoms with E-state index in [2.05, 4.69) is 50.5 Å². The number of nitrogens with one attached hydrogen (secondary N) is 2. The number of aryl methyl sites for hydroxylation is 3. The monoisotopic (exact) mass is 371 g/mol. The molecule has 6 heteroatoms. The average Bonchev–Trinajstić information content (AvgIpc) is 2.95. The van der Waals surface area contributed by atoms with E-state index in [-0.39, 0.29) is 6.10 Å². The number of hydrogen-bond acceptors (Lipinski definition) is 3. The van der Waals surface area contributed by atoms with Crippen molar-refractivity contribution in [2.75, 3.05) is 20.1 Å². The summed E-state index contributed by atoms with van der Waals surface area (Å²) in [6, 6.07) is 10.4. The molecule has 0 spiro atoms. The van der Waals surface area contributed by atoms with Gasteiger partial charge in [-0.05, 0) is 64.3 Å². The molecule has 0 bridgehead atoms. The number of hydrogen-bond donors (Lipinski definition) is 2. The van der Waals surface area contributed by atoms with Crippen molar-refractivity contribution in [3.63, 3.8) is 0 Å². The van der Waals surface area contributed by atoms with E-state index in [1.807, 2.05) is 32.9 Å². The molecule has 2 N–H and O–H groups in total. The highest BCUT2D eigenvalue weighted by Crippen LogP contribution is 2.13. The minimum atomic E-state index is 0.202. The van der Waals surface area contributed by atoms with Crippen molar-refractivity contribution in [2.45, 2.75) is 53.2 Å². The lowest BCUT2D eigenvalue weighted by molar-refractivity contribution is 0.242. The van der Waals surface area contributed by atoms with Gasteiger partial charge in [0, 0.05) is 32.4 Å². The van der Waals surface area contributed by atoms with E-state index < -0.39 is 0 Å². The van der Waals surface area contributed by atoms with Gasteiger partial charge in [-0.2, -0.15) is 5.10 Å². The fourth-order valence-electron chi connectivity index (χ4n) is 2.89. The van der Waals surface area contributed by atoms with Gasteiger partial charge in [-0.15, -0.1) is 0 Å². The van der Waals surface area contributed by atoms with E-state index >= 15 is 0 Å². The molecule has 0 unspecified atom stereocenters. The molecule has 2 rings (SSSR count). The molecule has 0 aliphatic rings. The molecule has 0 atom stereocenters. The minimum absolute atomic E-state index is 0.202. The number of nitrogens with zero attached hydrogens (tertiary/aromatic N) is 3. The molecular formula is C21H33N5O. The molecule has 148 valence electrons. The van der Waals surface area contributed by atoms with Crippen molar-refractivity contribution < 1.29 is 4.74 Å². The maximum atomic E-state index is 5.67. The van der Waals surface area contributed by atoms with Crippen molar-refractivity contribution in [3.05, 3.63) is 47.3 Å². The van der Waals surface area contributed by atoms with Gasteiger partial charge in [0.2, 0.25) is 0 Å². The number of aliphatic imine (C=N–C) groups is 1. The van der Waals surface area contributed by atoms with Crippen molar-refractivity contribution >= 4 is 5.96 Å². The molecule has 0 saturated heterocycles. The van der Waals surface area contributed by atoms with Crippen LogP contribution in [0.1, 0.15) is 37.2 Å². The van der Waals surface area contributed by atoms with E-state index in [1.54, 1.807) is 7.05 Å². The number of ether oxygens (including phenoxy) is 1. The van der Waals surface area contributed by atoms with Crippen LogP contribution in [0.4, 0.5) is 0 Å². The first-order valence-corrected chi connectivity index (χ1v) is 9.69. The van der Waals surface area contributed by atoms with Gasteiger partial charge in [0.05, 0.1) is 11.8 Å². The molecule has 0 aliphatic heterocycles. The van der Waals surface area contributed by atoms with Crippen LogP contribution in [0.3, 0.4) is 0 Å². The van der Waals surface area contributed by atoms with Crippen LogP contribution in [-0.4, -0.2) is 42.0 Å². The zero-order valence-corrected chi connectivity index (χ0v) is 17.2. The topological polar surface area (TPSA) is 63.5 Å². The van der Waals surface area contributed by atoms with Crippen molar-refractivity contribution in [3.8, 4) is 5.75 Å². The van der Waals surface area contributed by atoms with Crippen LogP contribution < -0.4 is 15.4 Å². The Labute approximate surface area is 163 Å². The summed E-state index contributed by atoms with van der Waals surface area (Å²) in [6.45, 7) is 10.8. The fourth-order valence-corrected chi connectivity index (χ4v) is 2.89. The summed E-state index contributed by atoms with van der Waals surface area (Å²) < 4.78 is 7.73. The van der Waals surface area contributed by atoms with Crippen LogP contribution in [0.2, 0.25) is 0 Å². The second kappa shape index (κ2) is 10.6. The Kier molecular flexibility index (Phi) is 8.17. The Hall–Kier alpha value is -2.50. The summed E-state index contributed by atoms with van der Waals surface area (Å²) in [5.41, 5.74) is 3.56. The van der Waals surface area contributed by atoms with Crippen molar-refractivity contribution in [2.24, 2.45) is 4.99 Å². The average molecular weight is 372 g/mol. The predicted molar refractivity (Wildman–Crippen MR) is 112 cm³/mol. The third-order valence-corrected chi connectivity index (χ3v) is 4.17. The highest BCUT2D eigenvalue weighted by molar-refractivity contribution is 5.79. The molecule has 1 aromatic carbocycles. The summed E-state index contributed by atoms with van der Waals surface area (Å²) in [4.78, 5) is 4.28. The molecule has 1 heterocycles. The number of benzene rings is 1. The lowest BCUT2D eigenvalue weighted by atomic mass is 10.1. The maximum Gasteiger partial charge on any atom is 0.190 e. The largest absolute Gasteiger partial charge is 0.491 e. The van der Waals surface area contributed by atoms with E-state index in [1.165, 1.54) is 11.3 Å². The van der Waals surface area contributed by atoms with Crippen LogP contribution >= 0.6 is 0 Å². The molecule has 27 heavy (non-hydrogen) atoms. The zero-order valence-electron chi connectivity index (χ0n) is 17.2. The summed E-state index contributed by atoms with van der Waals surface area (Å²) in [6.07, 6.45) is 2.14. The maximum absolute atomic E-state index is 5.67. The summed E-state index contributed by atoms with van der Waals surface area (Å²) >= 11 is 0. The molecular weight excluding hydrogens is 338 g/mol. The summed E-state index contributed by atoms with van der Waals surface area (Å²) in [5, 5.41) is 11.2. The molecule has 0 aliphatic carbocycles. The van der Waals surface area contributed by atoms with Gasteiger partial charge in [0.1, 0.15) is 5.75 Å². The molecule has 2 aromatic rings. The number of aromatic nitrogens is 2. The Morgan fingerprint density at radius 3 is 2.44 bits per heavy atom. The Bertz CT molecular complexity index is 719. The van der Waals surface area contributed by atoms with Gasteiger partial charge in [0.25, 0.3) is 0 Å². The van der Waals surface area contributed by atoms with Crippen LogP contribution in [0.15, 0.2) is 35.3 Å². The first kappa shape index (κ1) is 20.8. The Balaban J connectivity index is 1.65. The number of guanidine groups is 1. The minimum Gasteiger partial charge on any atom is -0.491 e. The predicted octanol–water partition coefficient (Wildman–Crippen LogP) is 3.08. The normalized spacial score (nSPS) is 11.7. The van der Waals surface area contributed by atoms with Crippen LogP contribution in [0, 0.1) is 13.8 Å². The van der Waals surface area contributed by atoms with Gasteiger partial charge in [-0.1, -0.05) is 12.1 Å². The third-order valence-electron chi connectivity index (χ3n) is 4.17. The first-order chi connectivity index (χ1) is 13.0. The van der Waals surface area contributed by atoms with Gasteiger partial charge in [0.15, 0.2) is 5.96 Å². The van der Waals surface area contributed by atoms with Gasteiger partial charge < -0.3 is 15.4 Å². The summed E-state index contributed by atoms with van der Waals surface area (Å²) in [7, 11) is 1.80. The van der Waals surface area contributed by atoms with Gasteiger partial charge in [-0.25, -0.2) is 0 Å². The van der Waals surface area contributed by atoms with Gasteiger partial charge >= 0.3 is 0 Å². The lowest BCUT2D eigenvalue weighted by Gasteiger charge is -2.13. The van der Waals surface area contributed by atoms with Crippen LogP contribution in [0.5, 0.6) is 5.75 Å². The molecule has 0 fully saturated rings. The highest BCUT2D eigenvalue weighted by atomic mass is 16.5. The molecule has 1 aromatic heterocycles.